The second kappa shape index (κ2) is 10.4. The molecule has 32 heavy (non-hydrogen) atoms. The molecule has 1 amide bonds. The molecule has 1 heterocycles. The molecule has 0 atom stereocenters. The third-order valence-corrected chi connectivity index (χ3v) is 5.97. The van der Waals surface area contributed by atoms with Crippen molar-refractivity contribution in [1.29, 1.82) is 0 Å². The topological polar surface area (TPSA) is 104 Å². The highest BCUT2D eigenvalue weighted by Gasteiger charge is 2.14. The number of amides is 1. The molecule has 0 unspecified atom stereocenters. The van der Waals surface area contributed by atoms with Crippen LogP contribution < -0.4 is 10.0 Å². The van der Waals surface area contributed by atoms with E-state index in [2.05, 4.69) is 20.0 Å². The Bertz CT molecular complexity index is 1180. The number of benzene rings is 2. The van der Waals surface area contributed by atoms with Crippen LogP contribution >= 0.6 is 0 Å². The predicted octanol–water partition coefficient (Wildman–Crippen LogP) is 2.05. The number of aromatic nitrogens is 2. The summed E-state index contributed by atoms with van der Waals surface area (Å²) in [6, 6.07) is 12.2. The molecule has 0 bridgehead atoms. The van der Waals surface area contributed by atoms with Gasteiger partial charge in [0, 0.05) is 37.6 Å². The van der Waals surface area contributed by atoms with Gasteiger partial charge in [-0.3, -0.25) is 4.79 Å². The predicted molar refractivity (Wildman–Crippen MR) is 119 cm³/mol. The number of sulfonamides is 1. The third kappa shape index (κ3) is 6.39. The van der Waals surface area contributed by atoms with Gasteiger partial charge in [0.2, 0.25) is 10.0 Å². The van der Waals surface area contributed by atoms with E-state index >= 15 is 0 Å². The number of nitrogens with zero attached hydrogens (tertiary/aromatic N) is 3. The average molecular weight is 458 g/mol. The van der Waals surface area contributed by atoms with Crippen molar-refractivity contribution in [3.05, 3.63) is 77.9 Å². The summed E-state index contributed by atoms with van der Waals surface area (Å²) in [6.45, 7) is 1.00. The molecule has 0 spiro atoms. The van der Waals surface area contributed by atoms with Crippen LogP contribution in [0.25, 0.3) is 11.4 Å². The minimum Gasteiger partial charge on any atom is -0.348 e. The molecule has 0 aliphatic carbocycles. The van der Waals surface area contributed by atoms with Crippen molar-refractivity contribution in [2.75, 3.05) is 27.2 Å². The first-order chi connectivity index (χ1) is 15.2. The number of carbonyl (C=O) groups is 1. The monoisotopic (exact) mass is 457 g/mol. The van der Waals surface area contributed by atoms with Crippen LogP contribution in [0.15, 0.2) is 65.8 Å². The zero-order chi connectivity index (χ0) is 23.1. The molecule has 0 aliphatic heterocycles. The first-order valence-corrected chi connectivity index (χ1v) is 11.3. The lowest BCUT2D eigenvalue weighted by Crippen LogP contribution is -2.31. The fourth-order valence-electron chi connectivity index (χ4n) is 2.82. The van der Waals surface area contributed by atoms with Gasteiger partial charge in [0.25, 0.3) is 5.91 Å². The number of nitrogens with one attached hydrogen (secondary N) is 2. The second-order valence-electron chi connectivity index (χ2n) is 7.34. The van der Waals surface area contributed by atoms with Gasteiger partial charge in [-0.2, -0.15) is 0 Å². The van der Waals surface area contributed by atoms with Gasteiger partial charge in [-0.05, 0) is 43.9 Å². The first kappa shape index (κ1) is 23.5. The summed E-state index contributed by atoms with van der Waals surface area (Å²) >= 11 is 0. The van der Waals surface area contributed by atoms with Gasteiger partial charge < -0.3 is 10.2 Å². The maximum absolute atomic E-state index is 13.4. The van der Waals surface area contributed by atoms with Gasteiger partial charge in [0.15, 0.2) is 5.82 Å². The quantitative estimate of drug-likeness (QED) is 0.510. The molecule has 0 radical (unpaired) electrons. The van der Waals surface area contributed by atoms with Crippen molar-refractivity contribution in [2.24, 2.45) is 0 Å². The summed E-state index contributed by atoms with van der Waals surface area (Å²) in [5.41, 5.74) is 1.37. The molecule has 0 fully saturated rings. The van der Waals surface area contributed by atoms with Gasteiger partial charge in [0.1, 0.15) is 5.82 Å². The van der Waals surface area contributed by atoms with E-state index in [1.54, 1.807) is 24.3 Å². The Hall–Kier alpha value is -3.21. The van der Waals surface area contributed by atoms with E-state index in [0.29, 0.717) is 30.0 Å². The summed E-state index contributed by atoms with van der Waals surface area (Å²) in [5.74, 6) is -0.501. The van der Waals surface area contributed by atoms with Gasteiger partial charge in [-0.1, -0.05) is 24.3 Å². The molecule has 1 aromatic heterocycles. The van der Waals surface area contributed by atoms with E-state index in [0.717, 1.165) is 0 Å². The zero-order valence-electron chi connectivity index (χ0n) is 17.7. The first-order valence-electron chi connectivity index (χ1n) is 9.84. The van der Waals surface area contributed by atoms with Crippen LogP contribution in [0.5, 0.6) is 0 Å². The van der Waals surface area contributed by atoms with Crippen LogP contribution in [-0.2, 0) is 16.6 Å². The van der Waals surface area contributed by atoms with Crippen molar-refractivity contribution in [3.63, 3.8) is 0 Å². The summed E-state index contributed by atoms with van der Waals surface area (Å²) in [6.07, 6.45) is 2.72. The normalized spacial score (nSPS) is 11.5. The number of halogens is 1. The van der Waals surface area contributed by atoms with E-state index in [1.807, 2.05) is 19.0 Å². The molecule has 2 N–H and O–H groups in total. The lowest BCUT2D eigenvalue weighted by Gasteiger charge is -2.12. The summed E-state index contributed by atoms with van der Waals surface area (Å²) in [4.78, 5) is 22.7. The van der Waals surface area contributed by atoms with E-state index < -0.39 is 21.7 Å². The number of carbonyl (C=O) groups excluding carboxylic acids is 1. The Labute approximate surface area is 186 Å². The molecule has 3 aromatic rings. The van der Waals surface area contributed by atoms with Crippen LogP contribution in [0.1, 0.15) is 15.9 Å². The van der Waals surface area contributed by atoms with Crippen molar-refractivity contribution in [2.45, 2.75) is 11.4 Å². The molecule has 10 heteroatoms. The molecule has 3 rings (SSSR count). The van der Waals surface area contributed by atoms with Crippen molar-refractivity contribution in [3.8, 4) is 11.4 Å². The van der Waals surface area contributed by atoms with E-state index in [9.17, 15) is 17.6 Å². The van der Waals surface area contributed by atoms with Crippen molar-refractivity contribution < 1.29 is 17.6 Å². The maximum atomic E-state index is 13.4. The van der Waals surface area contributed by atoms with Crippen LogP contribution in [0.2, 0.25) is 0 Å². The Kier molecular flexibility index (Phi) is 7.62. The summed E-state index contributed by atoms with van der Waals surface area (Å²) in [7, 11) is 0.0781. The maximum Gasteiger partial charge on any atom is 0.254 e. The van der Waals surface area contributed by atoms with E-state index in [4.69, 9.17) is 0 Å². The Morgan fingerprint density at radius 2 is 1.78 bits per heavy atom. The average Bonchev–Trinajstić information content (AvgIpc) is 2.77. The van der Waals surface area contributed by atoms with Gasteiger partial charge in [-0.25, -0.2) is 27.5 Å². The Morgan fingerprint density at radius 1 is 1.06 bits per heavy atom. The highest BCUT2D eigenvalue weighted by Crippen LogP contribution is 2.16. The van der Waals surface area contributed by atoms with Crippen molar-refractivity contribution >= 4 is 15.9 Å². The van der Waals surface area contributed by atoms with Crippen molar-refractivity contribution in [1.82, 2.24) is 24.9 Å². The standard InChI is InChI=1S/C22H24FN5O3S/c1-28(2)10-9-27-32(30,31)20-8-3-5-16(11-20)13-26-22(29)18-14-24-21(25-15-18)17-6-4-7-19(23)12-17/h3-8,11-12,14-15,27H,9-10,13H2,1-2H3,(H,26,29). The molecular weight excluding hydrogens is 433 g/mol. The van der Waals surface area contributed by atoms with Crippen LogP contribution in [0.4, 0.5) is 4.39 Å². The van der Waals surface area contributed by atoms with Crippen LogP contribution in [-0.4, -0.2) is 56.4 Å². The minimum atomic E-state index is -3.64. The Balaban J connectivity index is 1.62. The molecule has 8 nitrogen and oxygen atoms in total. The van der Waals surface area contributed by atoms with Gasteiger partial charge >= 0.3 is 0 Å². The highest BCUT2D eigenvalue weighted by atomic mass is 32.2. The molecular formula is C22H24FN5O3S. The highest BCUT2D eigenvalue weighted by molar-refractivity contribution is 7.89. The largest absolute Gasteiger partial charge is 0.348 e. The fraction of sp³-hybridized carbons (Fsp3) is 0.227. The summed E-state index contributed by atoms with van der Waals surface area (Å²) < 4.78 is 40.8. The minimum absolute atomic E-state index is 0.130. The van der Waals surface area contributed by atoms with Gasteiger partial charge in [-0.15, -0.1) is 0 Å². The van der Waals surface area contributed by atoms with E-state index in [-0.39, 0.29) is 17.0 Å². The molecule has 2 aromatic carbocycles. The second-order valence-corrected chi connectivity index (χ2v) is 9.10. The summed E-state index contributed by atoms with van der Waals surface area (Å²) in [5, 5.41) is 2.72. The van der Waals surface area contributed by atoms with Crippen LogP contribution in [0, 0.1) is 5.82 Å². The number of rotatable bonds is 9. The van der Waals surface area contributed by atoms with Gasteiger partial charge in [0.05, 0.1) is 10.5 Å². The number of likely N-dealkylation sites (N-methyl/N-ethyl adjacent to an activating group) is 1. The Morgan fingerprint density at radius 3 is 2.47 bits per heavy atom. The molecule has 0 saturated carbocycles. The number of hydrogen-bond donors (Lipinski definition) is 2. The van der Waals surface area contributed by atoms with E-state index in [1.165, 1.54) is 36.7 Å². The fourth-order valence-corrected chi connectivity index (χ4v) is 3.91. The molecule has 168 valence electrons. The SMILES string of the molecule is CN(C)CCNS(=O)(=O)c1cccc(CNC(=O)c2cnc(-c3cccc(F)c3)nc2)c1. The lowest BCUT2D eigenvalue weighted by atomic mass is 10.2. The number of hydrogen-bond acceptors (Lipinski definition) is 6. The zero-order valence-corrected chi connectivity index (χ0v) is 18.6. The molecule has 0 aliphatic rings. The lowest BCUT2D eigenvalue weighted by molar-refractivity contribution is 0.0950. The molecule has 0 saturated heterocycles. The smallest absolute Gasteiger partial charge is 0.254 e. The van der Waals surface area contributed by atoms with Crippen LogP contribution in [0.3, 0.4) is 0 Å². The third-order valence-electron chi connectivity index (χ3n) is 4.51.